The number of ether oxygens (including phenoxy) is 1. The van der Waals surface area contributed by atoms with Crippen LogP contribution in [0.5, 0.6) is 0 Å². The molecule has 6 heteroatoms. The van der Waals surface area contributed by atoms with Crippen LogP contribution in [0.4, 0.5) is 4.39 Å². The van der Waals surface area contributed by atoms with Crippen molar-refractivity contribution in [2.75, 3.05) is 25.6 Å². The van der Waals surface area contributed by atoms with E-state index in [1.54, 1.807) is 12.1 Å². The number of thiophene rings is 1. The van der Waals surface area contributed by atoms with E-state index in [9.17, 15) is 9.18 Å². The van der Waals surface area contributed by atoms with E-state index < -0.39 is 0 Å². The number of fused-ring (bicyclic) bond motifs is 1. The molecule has 0 bridgehead atoms. The summed E-state index contributed by atoms with van der Waals surface area (Å²) < 4.78 is 19.1. The van der Waals surface area contributed by atoms with Crippen LogP contribution < -0.4 is 5.32 Å². The fourth-order valence-electron chi connectivity index (χ4n) is 1.74. The minimum atomic E-state index is -0.289. The van der Waals surface area contributed by atoms with Gasteiger partial charge in [-0.05, 0) is 30.0 Å². The molecule has 1 N–H and O–H groups in total. The lowest BCUT2D eigenvalue weighted by atomic mass is 10.2. The predicted molar refractivity (Wildman–Crippen MR) is 80.3 cm³/mol. The van der Waals surface area contributed by atoms with Gasteiger partial charge in [0.1, 0.15) is 5.82 Å². The molecule has 0 unspecified atom stereocenters. The quantitative estimate of drug-likeness (QED) is 0.628. The highest BCUT2D eigenvalue weighted by atomic mass is 35.5. The first-order valence-electron chi connectivity index (χ1n) is 6.31. The highest BCUT2D eigenvalue weighted by molar-refractivity contribution is 7.20. The zero-order valence-corrected chi connectivity index (χ0v) is 12.4. The van der Waals surface area contributed by atoms with Gasteiger partial charge in [0.2, 0.25) is 0 Å². The summed E-state index contributed by atoms with van der Waals surface area (Å²) in [6.07, 6.45) is 0.738. The molecule has 0 saturated carbocycles. The third kappa shape index (κ3) is 4.16. The maximum atomic E-state index is 13.1. The summed E-state index contributed by atoms with van der Waals surface area (Å²) in [5, 5.41) is 3.70. The summed E-state index contributed by atoms with van der Waals surface area (Å²) in [5.74, 6) is 0.0525. The number of halogens is 2. The summed E-state index contributed by atoms with van der Waals surface area (Å²) in [7, 11) is 0. The lowest BCUT2D eigenvalue weighted by Crippen LogP contribution is -2.24. The van der Waals surface area contributed by atoms with E-state index in [1.165, 1.54) is 23.5 Å². The monoisotopic (exact) mass is 315 g/mol. The second kappa shape index (κ2) is 7.57. The Labute approximate surface area is 125 Å². The lowest BCUT2D eigenvalue weighted by Gasteiger charge is -2.03. The minimum absolute atomic E-state index is 0.135. The summed E-state index contributed by atoms with van der Waals surface area (Å²) in [6, 6.07) is 6.29. The molecule has 0 radical (unpaired) electrons. The second-order valence-electron chi connectivity index (χ2n) is 4.20. The Morgan fingerprint density at radius 2 is 2.20 bits per heavy atom. The molecule has 0 aliphatic rings. The summed E-state index contributed by atoms with van der Waals surface area (Å²) in [4.78, 5) is 12.5. The first-order chi connectivity index (χ1) is 9.70. The van der Waals surface area contributed by atoms with Gasteiger partial charge in [0, 0.05) is 23.7 Å². The van der Waals surface area contributed by atoms with Crippen molar-refractivity contribution in [3.8, 4) is 0 Å². The molecule has 0 spiro atoms. The van der Waals surface area contributed by atoms with Crippen LogP contribution in [-0.2, 0) is 4.74 Å². The summed E-state index contributed by atoms with van der Waals surface area (Å²) in [5.41, 5.74) is 0. The fourth-order valence-corrected chi connectivity index (χ4v) is 2.85. The van der Waals surface area contributed by atoms with E-state index in [1.807, 2.05) is 0 Å². The molecule has 20 heavy (non-hydrogen) atoms. The number of carbonyl (C=O) groups excluding carboxylic acids is 1. The van der Waals surface area contributed by atoms with E-state index in [-0.39, 0.29) is 11.7 Å². The Morgan fingerprint density at radius 3 is 3.00 bits per heavy atom. The molecule has 2 aromatic rings. The van der Waals surface area contributed by atoms with Crippen LogP contribution in [0.1, 0.15) is 16.1 Å². The average molecular weight is 316 g/mol. The standard InChI is InChI=1S/C14H15ClFNO2S/c15-4-7-19-6-1-5-17-14(18)13-8-10-2-3-11(16)9-12(10)20-13/h2-3,8-9H,1,4-7H2,(H,17,18). The van der Waals surface area contributed by atoms with Crippen molar-refractivity contribution < 1.29 is 13.9 Å². The molecular formula is C14H15ClFNO2S. The van der Waals surface area contributed by atoms with Crippen LogP contribution in [0, 0.1) is 5.82 Å². The Morgan fingerprint density at radius 1 is 1.35 bits per heavy atom. The van der Waals surface area contributed by atoms with Crippen molar-refractivity contribution in [1.82, 2.24) is 5.32 Å². The smallest absolute Gasteiger partial charge is 0.261 e. The van der Waals surface area contributed by atoms with E-state index in [0.29, 0.717) is 30.5 Å². The largest absolute Gasteiger partial charge is 0.380 e. The minimum Gasteiger partial charge on any atom is -0.380 e. The SMILES string of the molecule is O=C(NCCCOCCCl)c1cc2ccc(F)cc2s1. The highest BCUT2D eigenvalue weighted by Gasteiger charge is 2.10. The Bertz CT molecular complexity index is 588. The number of amides is 1. The van der Waals surface area contributed by atoms with Crippen LogP contribution in [0.15, 0.2) is 24.3 Å². The zero-order chi connectivity index (χ0) is 14.4. The summed E-state index contributed by atoms with van der Waals surface area (Å²) in [6.45, 7) is 1.64. The number of hydrogen-bond donors (Lipinski definition) is 1. The molecule has 0 saturated heterocycles. The van der Waals surface area contributed by atoms with Gasteiger partial charge in [0.25, 0.3) is 5.91 Å². The van der Waals surface area contributed by atoms with Gasteiger partial charge in [-0.2, -0.15) is 0 Å². The molecule has 0 aliphatic heterocycles. The van der Waals surface area contributed by atoms with Gasteiger partial charge >= 0.3 is 0 Å². The third-order valence-electron chi connectivity index (χ3n) is 2.68. The summed E-state index contributed by atoms with van der Waals surface area (Å²) >= 11 is 6.77. The van der Waals surface area contributed by atoms with Crippen LogP contribution in [-0.4, -0.2) is 31.5 Å². The number of alkyl halides is 1. The van der Waals surface area contributed by atoms with Crippen LogP contribution in [0.2, 0.25) is 0 Å². The molecule has 1 amide bonds. The van der Waals surface area contributed by atoms with Gasteiger partial charge < -0.3 is 10.1 Å². The fraction of sp³-hybridized carbons (Fsp3) is 0.357. The van der Waals surface area contributed by atoms with Crippen molar-refractivity contribution in [2.45, 2.75) is 6.42 Å². The van der Waals surface area contributed by atoms with Crippen molar-refractivity contribution in [3.63, 3.8) is 0 Å². The van der Waals surface area contributed by atoms with Gasteiger partial charge in [-0.25, -0.2) is 4.39 Å². The normalized spacial score (nSPS) is 10.9. The predicted octanol–water partition coefficient (Wildman–Crippen LogP) is 3.42. The first kappa shape index (κ1) is 15.2. The molecule has 3 nitrogen and oxygen atoms in total. The van der Waals surface area contributed by atoms with E-state index in [4.69, 9.17) is 16.3 Å². The molecule has 108 valence electrons. The number of nitrogens with one attached hydrogen (secondary N) is 1. The second-order valence-corrected chi connectivity index (χ2v) is 5.67. The number of rotatable bonds is 7. The Balaban J connectivity index is 1.85. The lowest BCUT2D eigenvalue weighted by molar-refractivity contribution is 0.0948. The van der Waals surface area contributed by atoms with Gasteiger partial charge in [0.05, 0.1) is 11.5 Å². The van der Waals surface area contributed by atoms with Gasteiger partial charge in [-0.1, -0.05) is 6.07 Å². The molecule has 0 aliphatic carbocycles. The van der Waals surface area contributed by atoms with Crippen molar-refractivity contribution in [3.05, 3.63) is 35.0 Å². The molecular weight excluding hydrogens is 301 g/mol. The molecule has 1 aromatic carbocycles. The van der Waals surface area contributed by atoms with Crippen molar-refractivity contribution in [1.29, 1.82) is 0 Å². The van der Waals surface area contributed by atoms with Crippen LogP contribution in [0.3, 0.4) is 0 Å². The molecule has 0 fully saturated rings. The van der Waals surface area contributed by atoms with Crippen molar-refractivity contribution in [2.24, 2.45) is 0 Å². The topological polar surface area (TPSA) is 38.3 Å². The van der Waals surface area contributed by atoms with Crippen LogP contribution >= 0.6 is 22.9 Å². The van der Waals surface area contributed by atoms with Crippen LogP contribution in [0.25, 0.3) is 10.1 Å². The van der Waals surface area contributed by atoms with Crippen molar-refractivity contribution >= 4 is 38.9 Å². The number of benzene rings is 1. The average Bonchev–Trinajstić information content (AvgIpc) is 2.85. The highest BCUT2D eigenvalue weighted by Crippen LogP contribution is 2.26. The first-order valence-corrected chi connectivity index (χ1v) is 7.67. The van der Waals surface area contributed by atoms with E-state index >= 15 is 0 Å². The Hall–Kier alpha value is -1.17. The molecule has 2 rings (SSSR count). The van der Waals surface area contributed by atoms with Gasteiger partial charge in [0.15, 0.2) is 0 Å². The zero-order valence-electron chi connectivity index (χ0n) is 10.8. The molecule has 1 aromatic heterocycles. The number of hydrogen-bond acceptors (Lipinski definition) is 3. The number of carbonyl (C=O) groups is 1. The Kier molecular flexibility index (Phi) is 5.76. The van der Waals surface area contributed by atoms with Gasteiger partial charge in [-0.15, -0.1) is 22.9 Å². The third-order valence-corrected chi connectivity index (χ3v) is 3.93. The van der Waals surface area contributed by atoms with E-state index in [2.05, 4.69) is 5.32 Å². The molecule has 0 atom stereocenters. The van der Waals surface area contributed by atoms with Gasteiger partial charge in [-0.3, -0.25) is 4.79 Å². The van der Waals surface area contributed by atoms with E-state index in [0.717, 1.165) is 16.5 Å². The maximum absolute atomic E-state index is 13.1. The molecule has 1 heterocycles. The maximum Gasteiger partial charge on any atom is 0.261 e.